The van der Waals surface area contributed by atoms with Gasteiger partial charge in [-0.25, -0.2) is 14.0 Å². The van der Waals surface area contributed by atoms with E-state index in [2.05, 4.69) is 10.1 Å². The first-order valence-electron chi connectivity index (χ1n) is 14.8. The number of carbonyl (C=O) groups is 3. The number of piperazine rings is 1. The van der Waals surface area contributed by atoms with E-state index in [-0.39, 0.29) is 42.7 Å². The zero-order valence-corrected chi connectivity index (χ0v) is 23.6. The van der Waals surface area contributed by atoms with Gasteiger partial charge in [0.25, 0.3) is 0 Å². The predicted molar refractivity (Wildman–Crippen MR) is 152 cm³/mol. The topological polar surface area (TPSA) is 99.4 Å². The summed E-state index contributed by atoms with van der Waals surface area (Å²) in [5.74, 6) is -0.218. The van der Waals surface area contributed by atoms with Crippen LogP contribution in [0.3, 0.4) is 0 Å². The van der Waals surface area contributed by atoms with Crippen molar-refractivity contribution in [3.05, 3.63) is 65.6 Å². The molecule has 3 aliphatic heterocycles. The molecule has 3 fully saturated rings. The molecule has 4 amide bonds. The number of piperidine rings is 1. The number of nitrogens with zero attached hydrogens (tertiary/aromatic N) is 5. The fraction of sp³-hybridized carbons (Fsp3) is 0.484. The number of amides is 4. The molecule has 0 bridgehead atoms. The summed E-state index contributed by atoms with van der Waals surface area (Å²) in [4.78, 5) is 45.8. The Balaban J connectivity index is 0.917. The van der Waals surface area contributed by atoms with Gasteiger partial charge in [0.1, 0.15) is 12.4 Å². The molecule has 3 aliphatic rings. The van der Waals surface area contributed by atoms with Crippen molar-refractivity contribution < 1.29 is 28.0 Å². The maximum Gasteiger partial charge on any atom is 0.410 e. The quantitative estimate of drug-likeness (QED) is 0.361. The van der Waals surface area contributed by atoms with Crippen LogP contribution in [0.2, 0.25) is 0 Å². The summed E-state index contributed by atoms with van der Waals surface area (Å²) in [6, 6.07) is 13.5. The second-order valence-electron chi connectivity index (χ2n) is 11.4. The van der Waals surface area contributed by atoms with Crippen LogP contribution in [-0.4, -0.2) is 94.6 Å². The van der Waals surface area contributed by atoms with Gasteiger partial charge in [-0.3, -0.25) is 9.69 Å². The van der Waals surface area contributed by atoms with Crippen molar-refractivity contribution in [3.8, 4) is 0 Å². The van der Waals surface area contributed by atoms with Crippen LogP contribution < -0.4 is 0 Å². The van der Waals surface area contributed by atoms with Crippen LogP contribution in [0.25, 0.3) is 11.0 Å². The first-order chi connectivity index (χ1) is 20.5. The Hall–Kier alpha value is -3.99. The van der Waals surface area contributed by atoms with Crippen molar-refractivity contribution in [1.29, 1.82) is 0 Å². The van der Waals surface area contributed by atoms with Gasteiger partial charge in [0.05, 0.1) is 11.7 Å². The lowest BCUT2D eigenvalue weighted by Gasteiger charge is -2.45. The lowest BCUT2D eigenvalue weighted by atomic mass is 9.91. The summed E-state index contributed by atoms with van der Waals surface area (Å²) in [6.45, 7) is 4.43. The number of fused-ring (bicyclic) bond motifs is 2. The number of carbonyl (C=O) groups excluding carboxylic acids is 3. The Morgan fingerprint density at radius 3 is 2.60 bits per heavy atom. The van der Waals surface area contributed by atoms with Crippen LogP contribution in [0.5, 0.6) is 0 Å². The number of ether oxygens (including phenoxy) is 1. The highest BCUT2D eigenvalue weighted by molar-refractivity contribution is 5.97. The third-order valence-electron chi connectivity index (χ3n) is 8.68. The minimum atomic E-state index is -0.422. The first-order valence-corrected chi connectivity index (χ1v) is 14.8. The van der Waals surface area contributed by atoms with E-state index in [1.54, 1.807) is 15.9 Å². The minimum absolute atomic E-state index is 0.179. The van der Waals surface area contributed by atoms with E-state index in [1.807, 2.05) is 30.3 Å². The van der Waals surface area contributed by atoms with Crippen LogP contribution >= 0.6 is 0 Å². The molecule has 6 rings (SSSR count). The minimum Gasteiger partial charge on any atom is -0.445 e. The Morgan fingerprint density at radius 1 is 1.00 bits per heavy atom. The fourth-order valence-corrected chi connectivity index (χ4v) is 6.31. The van der Waals surface area contributed by atoms with Crippen LogP contribution in [0.4, 0.5) is 14.0 Å². The molecular formula is C31H36FN5O5. The van der Waals surface area contributed by atoms with Crippen LogP contribution in [0, 0.1) is 5.82 Å². The third kappa shape index (κ3) is 6.11. The van der Waals surface area contributed by atoms with Crippen molar-refractivity contribution in [2.75, 3.05) is 45.8 Å². The van der Waals surface area contributed by atoms with Crippen LogP contribution in [0.1, 0.15) is 49.3 Å². The van der Waals surface area contributed by atoms with Crippen molar-refractivity contribution in [1.82, 2.24) is 24.8 Å². The van der Waals surface area contributed by atoms with E-state index in [0.717, 1.165) is 62.0 Å². The molecule has 4 heterocycles. The van der Waals surface area contributed by atoms with E-state index in [4.69, 9.17) is 9.26 Å². The monoisotopic (exact) mass is 577 g/mol. The molecule has 3 aromatic rings. The third-order valence-corrected chi connectivity index (χ3v) is 8.68. The molecule has 0 unspecified atom stereocenters. The molecule has 2 aromatic carbocycles. The van der Waals surface area contributed by atoms with Crippen LogP contribution in [-0.2, 0) is 16.1 Å². The highest BCUT2D eigenvalue weighted by Gasteiger charge is 2.42. The zero-order valence-electron chi connectivity index (χ0n) is 23.6. The molecule has 3 saturated heterocycles. The molecular weight excluding hydrogens is 541 g/mol. The molecule has 222 valence electrons. The molecule has 0 N–H and O–H groups in total. The molecule has 1 aromatic heterocycles. The summed E-state index contributed by atoms with van der Waals surface area (Å²) in [5, 5.41) is 5.11. The Bertz CT molecular complexity index is 1420. The molecule has 10 nitrogen and oxygen atoms in total. The van der Waals surface area contributed by atoms with E-state index in [1.165, 1.54) is 17.0 Å². The molecule has 0 radical (unpaired) electrons. The van der Waals surface area contributed by atoms with Gasteiger partial charge < -0.3 is 24.0 Å². The van der Waals surface area contributed by atoms with Crippen molar-refractivity contribution in [3.63, 3.8) is 0 Å². The van der Waals surface area contributed by atoms with E-state index >= 15 is 0 Å². The number of likely N-dealkylation sites (tertiary alicyclic amines) is 1. The highest BCUT2D eigenvalue weighted by atomic mass is 19.1. The number of benzene rings is 2. The number of imide groups is 1. The van der Waals surface area contributed by atoms with Gasteiger partial charge in [-0.1, -0.05) is 35.5 Å². The first kappa shape index (κ1) is 28.1. The molecule has 42 heavy (non-hydrogen) atoms. The summed E-state index contributed by atoms with van der Waals surface area (Å²) in [7, 11) is 0. The van der Waals surface area contributed by atoms with Crippen LogP contribution in [0.15, 0.2) is 53.1 Å². The van der Waals surface area contributed by atoms with Gasteiger partial charge in [-0.05, 0) is 63.0 Å². The standard InChI is InChI=1S/C31H36FN5O5/c32-24-8-9-26-27(18-24)42-33-29(26)23-10-14-34(15-11-23)12-4-5-13-37-28(38)19-25-20-35(16-17-36(25)30(37)39)31(40)41-21-22-6-2-1-3-7-22/h1-3,6-9,18,23,25H,4-5,10-17,19-21H2/t25-/m1/s1. The summed E-state index contributed by atoms with van der Waals surface area (Å²) in [6.07, 6.45) is 3.33. The van der Waals surface area contributed by atoms with Gasteiger partial charge in [0, 0.05) is 50.0 Å². The lowest BCUT2D eigenvalue weighted by molar-refractivity contribution is -0.133. The van der Waals surface area contributed by atoms with Crippen molar-refractivity contribution in [2.45, 2.75) is 50.7 Å². The summed E-state index contributed by atoms with van der Waals surface area (Å²) < 4.78 is 24.3. The second-order valence-corrected chi connectivity index (χ2v) is 11.4. The average Bonchev–Trinajstić information content (AvgIpc) is 3.43. The Kier molecular flexibility index (Phi) is 8.36. The normalized spacial score (nSPS) is 20.3. The maximum atomic E-state index is 13.5. The molecule has 1 atom stereocenters. The largest absolute Gasteiger partial charge is 0.445 e. The number of hydrogen-bond acceptors (Lipinski definition) is 7. The van der Waals surface area contributed by atoms with Crippen molar-refractivity contribution in [2.24, 2.45) is 0 Å². The smallest absolute Gasteiger partial charge is 0.410 e. The summed E-state index contributed by atoms with van der Waals surface area (Å²) >= 11 is 0. The fourth-order valence-electron chi connectivity index (χ4n) is 6.31. The number of urea groups is 1. The molecule has 11 heteroatoms. The maximum absolute atomic E-state index is 13.5. The zero-order chi connectivity index (χ0) is 29.1. The lowest BCUT2D eigenvalue weighted by Crippen LogP contribution is -2.64. The second kappa shape index (κ2) is 12.5. The van der Waals surface area contributed by atoms with Crippen molar-refractivity contribution >= 4 is 29.0 Å². The van der Waals surface area contributed by atoms with E-state index in [9.17, 15) is 18.8 Å². The van der Waals surface area contributed by atoms with Gasteiger partial charge in [0.2, 0.25) is 5.91 Å². The van der Waals surface area contributed by atoms with Gasteiger partial charge in [-0.2, -0.15) is 0 Å². The number of unbranched alkanes of at least 4 members (excludes halogenated alkanes) is 1. The van der Waals surface area contributed by atoms with Gasteiger partial charge >= 0.3 is 12.1 Å². The number of hydrogen-bond donors (Lipinski definition) is 0. The average molecular weight is 578 g/mol. The SMILES string of the molecule is O=C(OCc1ccccc1)N1CCN2C(=O)N(CCCCN3CCC(c4noc5cc(F)ccc45)CC3)C(=O)C[C@@H]2C1. The molecule has 0 aliphatic carbocycles. The van der Waals surface area contributed by atoms with E-state index < -0.39 is 6.09 Å². The van der Waals surface area contributed by atoms with E-state index in [0.29, 0.717) is 31.8 Å². The number of rotatable bonds is 8. The predicted octanol–water partition coefficient (Wildman–Crippen LogP) is 4.60. The van der Waals surface area contributed by atoms with Gasteiger partial charge in [-0.15, -0.1) is 0 Å². The van der Waals surface area contributed by atoms with Gasteiger partial charge in [0.15, 0.2) is 5.58 Å². The summed E-state index contributed by atoms with van der Waals surface area (Å²) in [5.41, 5.74) is 2.31. The molecule has 0 spiro atoms. The Labute approximate surface area is 243 Å². The number of aromatic nitrogens is 1. The molecule has 0 saturated carbocycles. The Morgan fingerprint density at radius 2 is 1.79 bits per heavy atom. The number of halogens is 1. The highest BCUT2D eigenvalue weighted by Crippen LogP contribution is 2.33.